The Labute approximate surface area is 151 Å². The molecule has 0 saturated heterocycles. The van der Waals surface area contributed by atoms with Gasteiger partial charge in [-0.05, 0) is 37.1 Å². The molecule has 0 spiro atoms. The zero-order valence-corrected chi connectivity index (χ0v) is 14.4. The quantitative estimate of drug-likeness (QED) is 0.423. The summed E-state index contributed by atoms with van der Waals surface area (Å²) in [7, 11) is 0. The lowest BCUT2D eigenvalue weighted by Gasteiger charge is -2.12. The van der Waals surface area contributed by atoms with Crippen LogP contribution in [-0.2, 0) is 4.79 Å². The number of carbonyl (C=O) groups is 3. The van der Waals surface area contributed by atoms with Gasteiger partial charge in [0.1, 0.15) is 0 Å². The molecule has 0 bridgehead atoms. The van der Waals surface area contributed by atoms with Crippen molar-refractivity contribution in [2.75, 3.05) is 6.54 Å². The van der Waals surface area contributed by atoms with E-state index in [2.05, 4.69) is 16.2 Å². The van der Waals surface area contributed by atoms with Crippen molar-refractivity contribution in [1.29, 1.82) is 0 Å². The van der Waals surface area contributed by atoms with Crippen molar-refractivity contribution >= 4 is 17.8 Å². The van der Waals surface area contributed by atoms with Crippen LogP contribution in [-0.4, -0.2) is 29.0 Å². The number of carbonyl (C=O) groups excluding carboxylic acids is 3. The first-order valence-corrected chi connectivity index (χ1v) is 8.43. The van der Waals surface area contributed by atoms with Gasteiger partial charge in [-0.2, -0.15) is 0 Å². The van der Waals surface area contributed by atoms with Crippen LogP contribution < -0.4 is 21.9 Å². The van der Waals surface area contributed by atoms with Gasteiger partial charge < -0.3 is 15.6 Å². The summed E-state index contributed by atoms with van der Waals surface area (Å²) in [5, 5.41) is 2.49. The second-order valence-corrected chi connectivity index (χ2v) is 5.71. The highest BCUT2D eigenvalue weighted by atomic mass is 16.2. The number of nitrogens with zero attached hydrogens (tertiary/aromatic N) is 1. The molecule has 2 aromatic rings. The molecule has 0 saturated carbocycles. The predicted molar refractivity (Wildman–Crippen MR) is 97.4 cm³/mol. The maximum atomic E-state index is 12.4. The number of benzene rings is 1. The number of primary amides is 1. The monoisotopic (exact) mass is 357 g/mol. The summed E-state index contributed by atoms with van der Waals surface area (Å²) in [6.07, 6.45) is 6.15. The summed E-state index contributed by atoms with van der Waals surface area (Å²) < 4.78 is 1.83. The Kier molecular flexibility index (Phi) is 7.23. The van der Waals surface area contributed by atoms with E-state index in [1.54, 1.807) is 12.1 Å². The van der Waals surface area contributed by atoms with E-state index < -0.39 is 6.03 Å². The number of nitrogens with two attached hydrogens (primary N) is 1. The SMILES string of the molecule is NC(=O)NCCCCCC(=O)NNC(=O)c1ccccc1-n1cccc1. The zero-order valence-electron chi connectivity index (χ0n) is 14.4. The minimum absolute atomic E-state index is 0.264. The second kappa shape index (κ2) is 9.87. The number of amides is 4. The molecule has 0 atom stereocenters. The Balaban J connectivity index is 1.75. The van der Waals surface area contributed by atoms with Crippen molar-refractivity contribution in [2.24, 2.45) is 5.73 Å². The summed E-state index contributed by atoms with van der Waals surface area (Å²) in [6.45, 7) is 0.490. The molecule has 4 amide bonds. The Morgan fingerprint density at radius 1 is 0.923 bits per heavy atom. The fraction of sp³-hybridized carbons (Fsp3) is 0.278. The van der Waals surface area contributed by atoms with Gasteiger partial charge in [-0.1, -0.05) is 18.6 Å². The van der Waals surface area contributed by atoms with Crippen LogP contribution in [0.2, 0.25) is 0 Å². The summed E-state index contributed by atoms with van der Waals surface area (Å²) in [4.78, 5) is 34.7. The van der Waals surface area contributed by atoms with E-state index in [1.165, 1.54) is 0 Å². The molecule has 0 aliphatic rings. The van der Waals surface area contributed by atoms with E-state index in [4.69, 9.17) is 5.73 Å². The maximum absolute atomic E-state index is 12.4. The number of rotatable bonds is 8. The average Bonchev–Trinajstić information content (AvgIpc) is 3.17. The molecule has 0 aliphatic heterocycles. The van der Waals surface area contributed by atoms with Gasteiger partial charge in [-0.25, -0.2) is 4.79 Å². The third-order valence-corrected chi connectivity index (χ3v) is 3.73. The van der Waals surface area contributed by atoms with Crippen molar-refractivity contribution in [2.45, 2.75) is 25.7 Å². The Bertz CT molecular complexity index is 743. The number of hydrogen-bond donors (Lipinski definition) is 4. The number of urea groups is 1. The predicted octanol–water partition coefficient (Wildman–Crippen LogP) is 1.47. The van der Waals surface area contributed by atoms with Crippen molar-refractivity contribution in [3.8, 4) is 5.69 Å². The lowest BCUT2D eigenvalue weighted by atomic mass is 10.1. The fourth-order valence-corrected chi connectivity index (χ4v) is 2.44. The van der Waals surface area contributed by atoms with Gasteiger partial charge in [-0.3, -0.25) is 20.4 Å². The van der Waals surface area contributed by atoms with Crippen LogP contribution in [0.3, 0.4) is 0 Å². The molecule has 138 valence electrons. The first kappa shape index (κ1) is 19.0. The fourth-order valence-electron chi connectivity index (χ4n) is 2.44. The van der Waals surface area contributed by atoms with E-state index in [0.717, 1.165) is 18.5 Å². The van der Waals surface area contributed by atoms with E-state index >= 15 is 0 Å². The van der Waals surface area contributed by atoms with Gasteiger partial charge in [-0.15, -0.1) is 0 Å². The number of para-hydroxylation sites is 1. The molecule has 5 N–H and O–H groups in total. The highest BCUT2D eigenvalue weighted by Crippen LogP contribution is 2.14. The Hall–Kier alpha value is -3.29. The average molecular weight is 357 g/mol. The topological polar surface area (TPSA) is 118 Å². The second-order valence-electron chi connectivity index (χ2n) is 5.71. The smallest absolute Gasteiger partial charge is 0.312 e. The molecule has 0 radical (unpaired) electrons. The third-order valence-electron chi connectivity index (χ3n) is 3.73. The van der Waals surface area contributed by atoms with Crippen LogP contribution in [0.5, 0.6) is 0 Å². The number of unbranched alkanes of at least 4 members (excludes halogenated alkanes) is 2. The minimum Gasteiger partial charge on any atom is -0.352 e. The van der Waals surface area contributed by atoms with Gasteiger partial charge in [0.25, 0.3) is 5.91 Å². The van der Waals surface area contributed by atoms with Gasteiger partial charge in [0, 0.05) is 25.4 Å². The van der Waals surface area contributed by atoms with E-state index in [9.17, 15) is 14.4 Å². The largest absolute Gasteiger partial charge is 0.352 e. The van der Waals surface area contributed by atoms with E-state index in [1.807, 2.05) is 41.2 Å². The van der Waals surface area contributed by atoms with Crippen molar-refractivity contribution in [3.63, 3.8) is 0 Å². The highest BCUT2D eigenvalue weighted by molar-refractivity contribution is 5.98. The Morgan fingerprint density at radius 3 is 2.38 bits per heavy atom. The number of hydrazine groups is 1. The van der Waals surface area contributed by atoms with Crippen LogP contribution in [0.1, 0.15) is 36.0 Å². The molecule has 0 unspecified atom stereocenters. The standard InChI is InChI=1S/C18H23N5O3/c19-18(26)20-11-5-1-2-10-16(24)21-22-17(25)14-8-3-4-9-15(14)23-12-6-7-13-23/h3-4,6-9,12-13H,1-2,5,10-11H2,(H,21,24)(H,22,25)(H3,19,20,26). The van der Waals surface area contributed by atoms with Crippen molar-refractivity contribution in [3.05, 3.63) is 54.4 Å². The van der Waals surface area contributed by atoms with Gasteiger partial charge >= 0.3 is 6.03 Å². The Morgan fingerprint density at radius 2 is 1.65 bits per heavy atom. The highest BCUT2D eigenvalue weighted by Gasteiger charge is 2.12. The first-order chi connectivity index (χ1) is 12.6. The summed E-state index contributed by atoms with van der Waals surface area (Å²) in [6, 6.07) is 10.3. The van der Waals surface area contributed by atoms with E-state index in [-0.39, 0.29) is 18.2 Å². The molecule has 1 heterocycles. The molecule has 1 aromatic heterocycles. The zero-order chi connectivity index (χ0) is 18.8. The minimum atomic E-state index is -0.550. The molecule has 8 nitrogen and oxygen atoms in total. The molecule has 2 rings (SSSR count). The number of nitrogens with one attached hydrogen (secondary N) is 3. The van der Waals surface area contributed by atoms with Crippen molar-refractivity contribution < 1.29 is 14.4 Å². The molecule has 0 fully saturated rings. The summed E-state index contributed by atoms with van der Waals surface area (Å²) >= 11 is 0. The normalized spacial score (nSPS) is 10.2. The van der Waals surface area contributed by atoms with Crippen LogP contribution in [0.25, 0.3) is 5.69 Å². The molecular weight excluding hydrogens is 334 g/mol. The molecule has 26 heavy (non-hydrogen) atoms. The van der Waals surface area contributed by atoms with Gasteiger partial charge in [0.05, 0.1) is 11.3 Å². The molecule has 1 aromatic carbocycles. The maximum Gasteiger partial charge on any atom is 0.312 e. The first-order valence-electron chi connectivity index (χ1n) is 8.43. The van der Waals surface area contributed by atoms with Crippen LogP contribution in [0.15, 0.2) is 48.8 Å². The lowest BCUT2D eigenvalue weighted by Crippen LogP contribution is -2.41. The van der Waals surface area contributed by atoms with E-state index in [0.29, 0.717) is 18.5 Å². The molecule has 0 aliphatic carbocycles. The molecular formula is C18H23N5O3. The summed E-state index contributed by atoms with van der Waals surface area (Å²) in [5.41, 5.74) is 11.0. The van der Waals surface area contributed by atoms with Crippen molar-refractivity contribution in [1.82, 2.24) is 20.7 Å². The third kappa shape index (κ3) is 5.97. The van der Waals surface area contributed by atoms with Crippen LogP contribution in [0, 0.1) is 0 Å². The molecule has 8 heteroatoms. The lowest BCUT2D eigenvalue weighted by molar-refractivity contribution is -0.122. The van der Waals surface area contributed by atoms with Crippen LogP contribution in [0.4, 0.5) is 4.79 Å². The van der Waals surface area contributed by atoms with Crippen LogP contribution >= 0.6 is 0 Å². The number of hydrogen-bond acceptors (Lipinski definition) is 3. The van der Waals surface area contributed by atoms with Gasteiger partial charge in [0.2, 0.25) is 5.91 Å². The summed E-state index contributed by atoms with van der Waals surface area (Å²) in [5.74, 6) is -0.645. The number of aromatic nitrogens is 1. The van der Waals surface area contributed by atoms with Gasteiger partial charge in [0.15, 0.2) is 0 Å².